The summed E-state index contributed by atoms with van der Waals surface area (Å²) in [6, 6.07) is 20.8. The molecule has 1 unspecified atom stereocenters. The average molecular weight is 515 g/mol. The van der Waals surface area contributed by atoms with E-state index in [0.717, 1.165) is 16.8 Å². The molecule has 1 aliphatic heterocycles. The molecule has 0 spiro atoms. The SMILES string of the molecule is CCOc1cc2c(cc1OCC)C(C(=Nc1ccc(N(CCCN)C(C)=O)cc1)c1ccccc1)C(=O)N2. The van der Waals surface area contributed by atoms with Crippen LogP contribution in [0.25, 0.3) is 0 Å². The fraction of sp³-hybridized carbons (Fsp3) is 0.300. The lowest BCUT2D eigenvalue weighted by Gasteiger charge is -2.21. The molecule has 2 amide bonds. The smallest absolute Gasteiger partial charge is 0.238 e. The predicted octanol–water partition coefficient (Wildman–Crippen LogP) is 5.04. The first-order valence-corrected chi connectivity index (χ1v) is 12.9. The number of nitrogens with one attached hydrogen (secondary N) is 1. The summed E-state index contributed by atoms with van der Waals surface area (Å²) in [6.45, 7) is 7.37. The van der Waals surface area contributed by atoms with Crippen LogP contribution in [0.5, 0.6) is 11.5 Å². The van der Waals surface area contributed by atoms with Gasteiger partial charge >= 0.3 is 0 Å². The van der Waals surface area contributed by atoms with Crippen LogP contribution >= 0.6 is 0 Å². The molecule has 0 fully saturated rings. The molecule has 4 rings (SSSR count). The summed E-state index contributed by atoms with van der Waals surface area (Å²) in [4.78, 5) is 32.2. The lowest BCUT2D eigenvalue weighted by molar-refractivity contribution is -0.117. The fourth-order valence-corrected chi connectivity index (χ4v) is 4.55. The van der Waals surface area contributed by atoms with Crippen LogP contribution in [0, 0.1) is 0 Å². The normalized spacial score (nSPS) is 14.6. The Bertz CT molecular complexity index is 1310. The number of benzene rings is 3. The van der Waals surface area contributed by atoms with Crippen molar-refractivity contribution in [2.24, 2.45) is 10.7 Å². The Morgan fingerprint density at radius 1 is 1.00 bits per heavy atom. The molecule has 0 aromatic heterocycles. The molecule has 8 heteroatoms. The highest BCUT2D eigenvalue weighted by atomic mass is 16.5. The summed E-state index contributed by atoms with van der Waals surface area (Å²) < 4.78 is 11.6. The summed E-state index contributed by atoms with van der Waals surface area (Å²) in [5.74, 6) is 0.330. The number of hydrogen-bond donors (Lipinski definition) is 2. The number of hydrogen-bond acceptors (Lipinski definition) is 6. The van der Waals surface area contributed by atoms with Gasteiger partial charge in [-0.05, 0) is 68.3 Å². The van der Waals surface area contributed by atoms with Gasteiger partial charge in [-0.3, -0.25) is 14.6 Å². The van der Waals surface area contributed by atoms with Gasteiger partial charge in [0.2, 0.25) is 11.8 Å². The molecule has 0 saturated carbocycles. The second-order valence-corrected chi connectivity index (χ2v) is 8.87. The highest BCUT2D eigenvalue weighted by Crippen LogP contribution is 2.43. The number of rotatable bonds is 11. The number of nitrogens with two attached hydrogens (primary N) is 1. The number of ether oxygens (including phenoxy) is 2. The van der Waals surface area contributed by atoms with E-state index in [2.05, 4.69) is 5.32 Å². The zero-order valence-corrected chi connectivity index (χ0v) is 22.1. The lowest BCUT2D eigenvalue weighted by atomic mass is 9.90. The fourth-order valence-electron chi connectivity index (χ4n) is 4.55. The molecule has 0 aliphatic carbocycles. The number of amides is 2. The summed E-state index contributed by atoms with van der Waals surface area (Å²) in [7, 11) is 0. The molecule has 3 aromatic rings. The maximum Gasteiger partial charge on any atom is 0.238 e. The molecular weight excluding hydrogens is 480 g/mol. The third-order valence-corrected chi connectivity index (χ3v) is 6.27. The van der Waals surface area contributed by atoms with Crippen molar-refractivity contribution in [3.05, 3.63) is 77.9 Å². The van der Waals surface area contributed by atoms with E-state index in [-0.39, 0.29) is 11.8 Å². The second-order valence-electron chi connectivity index (χ2n) is 8.87. The van der Waals surface area contributed by atoms with E-state index in [9.17, 15) is 9.59 Å². The Balaban J connectivity index is 1.77. The molecule has 0 bridgehead atoms. The molecule has 0 radical (unpaired) electrons. The topological polar surface area (TPSA) is 106 Å². The zero-order valence-electron chi connectivity index (χ0n) is 22.1. The lowest BCUT2D eigenvalue weighted by Crippen LogP contribution is -2.30. The van der Waals surface area contributed by atoms with Gasteiger partial charge < -0.3 is 25.4 Å². The van der Waals surface area contributed by atoms with Crippen molar-refractivity contribution in [1.82, 2.24) is 0 Å². The van der Waals surface area contributed by atoms with Gasteiger partial charge in [-0.15, -0.1) is 0 Å². The minimum atomic E-state index is -0.639. The molecule has 1 aliphatic rings. The summed E-state index contributed by atoms with van der Waals surface area (Å²) in [6.07, 6.45) is 0.711. The number of aliphatic imine (C=N–C) groups is 1. The quantitative estimate of drug-likeness (QED) is 0.349. The van der Waals surface area contributed by atoms with Crippen LogP contribution in [0.2, 0.25) is 0 Å². The molecule has 3 aromatic carbocycles. The Labute approximate surface area is 223 Å². The molecule has 8 nitrogen and oxygen atoms in total. The van der Waals surface area contributed by atoms with Crippen LogP contribution in [0.4, 0.5) is 17.1 Å². The Kier molecular flexibility index (Phi) is 8.76. The number of nitrogens with zero attached hydrogens (tertiary/aromatic N) is 2. The van der Waals surface area contributed by atoms with Crippen LogP contribution in [0.1, 0.15) is 44.2 Å². The summed E-state index contributed by atoms with van der Waals surface area (Å²) in [5, 5.41) is 3.00. The number of fused-ring (bicyclic) bond motifs is 1. The standard InChI is InChI=1S/C30H34N4O4/c1-4-37-26-18-24-25(19-27(26)38-5-2)33-30(36)28(24)29(21-10-7-6-8-11-21)32-22-12-14-23(15-13-22)34(20(3)35)17-9-16-31/h6-8,10-15,18-19,28H,4-5,9,16-17,31H2,1-3H3,(H,33,36). The van der Waals surface area contributed by atoms with Crippen molar-refractivity contribution < 1.29 is 19.1 Å². The molecule has 1 atom stereocenters. The predicted molar refractivity (Wildman–Crippen MR) is 151 cm³/mol. The van der Waals surface area contributed by atoms with Gasteiger partial charge in [0.05, 0.1) is 24.6 Å². The Morgan fingerprint density at radius 2 is 1.66 bits per heavy atom. The molecular formula is C30H34N4O4. The van der Waals surface area contributed by atoms with Crippen LogP contribution in [-0.2, 0) is 9.59 Å². The van der Waals surface area contributed by atoms with Crippen molar-refractivity contribution in [3.63, 3.8) is 0 Å². The third kappa shape index (κ3) is 5.86. The van der Waals surface area contributed by atoms with Crippen molar-refractivity contribution in [2.75, 3.05) is 36.5 Å². The van der Waals surface area contributed by atoms with Gasteiger partial charge in [0, 0.05) is 30.9 Å². The van der Waals surface area contributed by atoms with Gasteiger partial charge in [-0.2, -0.15) is 0 Å². The number of carbonyl (C=O) groups is 2. The van der Waals surface area contributed by atoms with Crippen molar-refractivity contribution in [1.29, 1.82) is 0 Å². The van der Waals surface area contributed by atoms with Gasteiger partial charge in [-0.25, -0.2) is 0 Å². The molecule has 3 N–H and O–H groups in total. The molecule has 0 saturated heterocycles. The number of anilines is 2. The molecule has 38 heavy (non-hydrogen) atoms. The van der Waals surface area contributed by atoms with E-state index in [4.69, 9.17) is 20.2 Å². The average Bonchev–Trinajstić information content (AvgIpc) is 3.23. The van der Waals surface area contributed by atoms with E-state index < -0.39 is 5.92 Å². The first-order chi connectivity index (χ1) is 18.5. The van der Waals surface area contributed by atoms with Crippen LogP contribution < -0.4 is 25.4 Å². The second kappa shape index (κ2) is 12.4. The van der Waals surface area contributed by atoms with Gasteiger partial charge in [0.1, 0.15) is 5.92 Å². The van der Waals surface area contributed by atoms with Crippen LogP contribution in [0.3, 0.4) is 0 Å². The summed E-state index contributed by atoms with van der Waals surface area (Å²) in [5.41, 5.74) is 10.0. The largest absolute Gasteiger partial charge is 0.490 e. The van der Waals surface area contributed by atoms with Gasteiger partial charge in [-0.1, -0.05) is 30.3 Å². The van der Waals surface area contributed by atoms with Crippen LogP contribution in [0.15, 0.2) is 71.7 Å². The van der Waals surface area contributed by atoms with E-state index >= 15 is 0 Å². The minimum Gasteiger partial charge on any atom is -0.490 e. The Hall–Kier alpha value is -4.17. The molecule has 198 valence electrons. The monoisotopic (exact) mass is 514 g/mol. The van der Waals surface area contributed by atoms with E-state index in [0.29, 0.717) is 61.3 Å². The molecule has 1 heterocycles. The third-order valence-electron chi connectivity index (χ3n) is 6.27. The van der Waals surface area contributed by atoms with Crippen molar-refractivity contribution in [2.45, 2.75) is 33.1 Å². The maximum atomic E-state index is 13.4. The van der Waals surface area contributed by atoms with Crippen molar-refractivity contribution in [3.8, 4) is 11.5 Å². The highest BCUT2D eigenvalue weighted by Gasteiger charge is 2.37. The maximum absolute atomic E-state index is 13.4. The first-order valence-electron chi connectivity index (χ1n) is 12.9. The first kappa shape index (κ1) is 26.9. The van der Waals surface area contributed by atoms with Gasteiger partial charge in [0.15, 0.2) is 11.5 Å². The zero-order chi connectivity index (χ0) is 27.1. The minimum absolute atomic E-state index is 0.0459. The summed E-state index contributed by atoms with van der Waals surface area (Å²) >= 11 is 0. The highest BCUT2D eigenvalue weighted by molar-refractivity contribution is 6.24. The van der Waals surface area contributed by atoms with Crippen molar-refractivity contribution >= 4 is 34.6 Å². The van der Waals surface area contributed by atoms with Crippen LogP contribution in [-0.4, -0.2) is 43.8 Å². The van der Waals surface area contributed by atoms with E-state index in [1.165, 1.54) is 0 Å². The van der Waals surface area contributed by atoms with Gasteiger partial charge in [0.25, 0.3) is 0 Å². The van der Waals surface area contributed by atoms with E-state index in [1.54, 1.807) is 11.8 Å². The number of carbonyl (C=O) groups excluding carboxylic acids is 2. The Morgan fingerprint density at radius 3 is 2.26 bits per heavy atom. The van der Waals surface area contributed by atoms with E-state index in [1.807, 2.05) is 80.6 Å².